The predicted molar refractivity (Wildman–Crippen MR) is 55.2 cm³/mol. The summed E-state index contributed by atoms with van der Waals surface area (Å²) in [6.45, 7) is 1.53. The van der Waals surface area contributed by atoms with Gasteiger partial charge in [0.15, 0.2) is 0 Å². The Morgan fingerprint density at radius 1 is 1.40 bits per heavy atom. The van der Waals surface area contributed by atoms with Crippen LogP contribution in [0, 0.1) is 0 Å². The zero-order valence-electron chi connectivity index (χ0n) is 8.79. The maximum Gasteiger partial charge on any atom is 0.281 e. The molecule has 1 aliphatic rings. The second kappa shape index (κ2) is 3.58. The normalized spacial score (nSPS) is 18.1. The molecule has 0 bridgehead atoms. The van der Waals surface area contributed by atoms with Gasteiger partial charge in [-0.25, -0.2) is 4.98 Å². The van der Waals surface area contributed by atoms with E-state index in [0.717, 1.165) is 5.82 Å². The fourth-order valence-corrected chi connectivity index (χ4v) is 2.63. The van der Waals surface area contributed by atoms with E-state index in [0.29, 0.717) is 19.6 Å². The lowest BCUT2D eigenvalue weighted by Crippen LogP contribution is -2.44. The van der Waals surface area contributed by atoms with Crippen molar-refractivity contribution < 1.29 is 8.42 Å². The van der Waals surface area contributed by atoms with Crippen LogP contribution in [0.2, 0.25) is 0 Å². The van der Waals surface area contributed by atoms with Crippen molar-refractivity contribution in [2.24, 2.45) is 0 Å². The monoisotopic (exact) mass is 230 g/mol. The Bertz CT molecular complexity index is 451. The minimum atomic E-state index is -3.31. The first-order valence-electron chi connectivity index (χ1n) is 4.69. The van der Waals surface area contributed by atoms with Crippen molar-refractivity contribution in [3.8, 4) is 0 Å². The van der Waals surface area contributed by atoms with Crippen molar-refractivity contribution >= 4 is 10.2 Å². The molecule has 0 aliphatic carbocycles. The van der Waals surface area contributed by atoms with Gasteiger partial charge in [0.1, 0.15) is 5.82 Å². The predicted octanol–water partition coefficient (Wildman–Crippen LogP) is -0.495. The molecular weight excluding hydrogens is 216 g/mol. The fourth-order valence-electron chi connectivity index (χ4n) is 1.58. The fraction of sp³-hybridized carbons (Fsp3) is 0.625. The topological polar surface area (TPSA) is 58.4 Å². The van der Waals surface area contributed by atoms with Gasteiger partial charge in [0.2, 0.25) is 0 Å². The molecule has 0 unspecified atom stereocenters. The van der Waals surface area contributed by atoms with Gasteiger partial charge in [0.25, 0.3) is 10.2 Å². The smallest absolute Gasteiger partial charge is 0.281 e. The maximum absolute atomic E-state index is 11.8. The summed E-state index contributed by atoms with van der Waals surface area (Å²) >= 11 is 0. The van der Waals surface area contributed by atoms with Crippen molar-refractivity contribution in [1.29, 1.82) is 0 Å². The lowest BCUT2D eigenvalue weighted by molar-refractivity contribution is 0.314. The molecule has 0 fully saturated rings. The standard InChI is InChI=1S/C8H14N4O2S/c1-10(2)15(13,14)12-6-5-11-4-3-9-8(11)7-12/h3-4H,5-7H2,1-2H3. The Kier molecular flexibility index (Phi) is 2.53. The molecule has 0 N–H and O–H groups in total. The van der Waals surface area contributed by atoms with Gasteiger partial charge >= 0.3 is 0 Å². The number of fused-ring (bicyclic) bond motifs is 1. The summed E-state index contributed by atoms with van der Waals surface area (Å²) in [5.74, 6) is 0.798. The largest absolute Gasteiger partial charge is 0.333 e. The van der Waals surface area contributed by atoms with Crippen LogP contribution >= 0.6 is 0 Å². The highest BCUT2D eigenvalue weighted by Gasteiger charge is 2.28. The van der Waals surface area contributed by atoms with Crippen molar-refractivity contribution in [1.82, 2.24) is 18.2 Å². The number of nitrogens with zero attached hydrogens (tertiary/aromatic N) is 4. The molecule has 84 valence electrons. The molecular formula is C8H14N4O2S. The molecule has 0 atom stereocenters. The van der Waals surface area contributed by atoms with Gasteiger partial charge in [-0.3, -0.25) is 0 Å². The molecule has 0 saturated carbocycles. The molecule has 2 rings (SSSR count). The van der Waals surface area contributed by atoms with Crippen LogP contribution in [0.1, 0.15) is 5.82 Å². The molecule has 0 amide bonds. The first kappa shape index (κ1) is 10.6. The molecule has 1 aliphatic heterocycles. The Morgan fingerprint density at radius 2 is 2.13 bits per heavy atom. The number of aromatic nitrogens is 2. The van der Waals surface area contributed by atoms with E-state index in [1.165, 1.54) is 22.7 Å². The Balaban J connectivity index is 2.24. The average molecular weight is 230 g/mol. The van der Waals surface area contributed by atoms with Crippen LogP contribution in [0.4, 0.5) is 0 Å². The van der Waals surface area contributed by atoms with E-state index in [2.05, 4.69) is 4.98 Å². The number of rotatable bonds is 2. The lowest BCUT2D eigenvalue weighted by atomic mass is 10.4. The third-order valence-corrected chi connectivity index (χ3v) is 4.38. The molecule has 2 heterocycles. The van der Waals surface area contributed by atoms with E-state index in [4.69, 9.17) is 0 Å². The highest BCUT2D eigenvalue weighted by molar-refractivity contribution is 7.86. The van der Waals surface area contributed by atoms with Crippen molar-refractivity contribution in [2.75, 3.05) is 20.6 Å². The van der Waals surface area contributed by atoms with Gasteiger partial charge in [-0.15, -0.1) is 0 Å². The summed E-state index contributed by atoms with van der Waals surface area (Å²) in [4.78, 5) is 4.12. The maximum atomic E-state index is 11.8. The Labute approximate surface area is 89.3 Å². The first-order chi connectivity index (χ1) is 7.01. The van der Waals surface area contributed by atoms with Gasteiger partial charge in [-0.05, 0) is 0 Å². The number of hydrogen-bond donors (Lipinski definition) is 0. The zero-order chi connectivity index (χ0) is 11.1. The van der Waals surface area contributed by atoms with Gasteiger partial charge in [-0.1, -0.05) is 0 Å². The van der Waals surface area contributed by atoms with E-state index in [1.807, 2.05) is 10.8 Å². The summed E-state index contributed by atoms with van der Waals surface area (Å²) in [5.41, 5.74) is 0. The van der Waals surface area contributed by atoms with Crippen molar-refractivity contribution in [2.45, 2.75) is 13.1 Å². The Morgan fingerprint density at radius 3 is 2.80 bits per heavy atom. The lowest BCUT2D eigenvalue weighted by Gasteiger charge is -2.29. The second-order valence-corrected chi connectivity index (χ2v) is 5.80. The molecule has 0 radical (unpaired) electrons. The van der Waals surface area contributed by atoms with Crippen LogP contribution in [-0.4, -0.2) is 47.2 Å². The number of imidazole rings is 1. The molecule has 7 heteroatoms. The molecule has 0 saturated heterocycles. The molecule has 0 aromatic carbocycles. The van der Waals surface area contributed by atoms with Gasteiger partial charge in [0.05, 0.1) is 6.54 Å². The van der Waals surface area contributed by atoms with Crippen LogP contribution in [0.3, 0.4) is 0 Å². The van der Waals surface area contributed by atoms with Crippen LogP contribution < -0.4 is 0 Å². The quantitative estimate of drug-likeness (QED) is 0.688. The summed E-state index contributed by atoms with van der Waals surface area (Å²) in [7, 11) is -0.231. The van der Waals surface area contributed by atoms with Gasteiger partial charge < -0.3 is 4.57 Å². The highest BCUT2D eigenvalue weighted by Crippen LogP contribution is 2.15. The van der Waals surface area contributed by atoms with Crippen LogP contribution in [-0.2, 0) is 23.3 Å². The van der Waals surface area contributed by atoms with E-state index in [9.17, 15) is 8.42 Å². The highest BCUT2D eigenvalue weighted by atomic mass is 32.2. The second-order valence-electron chi connectivity index (χ2n) is 3.66. The average Bonchev–Trinajstić information content (AvgIpc) is 2.63. The molecule has 1 aromatic heterocycles. The van der Waals surface area contributed by atoms with E-state index < -0.39 is 10.2 Å². The minimum absolute atomic E-state index is 0.355. The summed E-state index contributed by atoms with van der Waals surface area (Å²) in [6, 6.07) is 0. The number of hydrogen-bond acceptors (Lipinski definition) is 3. The molecule has 0 spiro atoms. The third kappa shape index (κ3) is 1.77. The third-order valence-electron chi connectivity index (χ3n) is 2.50. The minimum Gasteiger partial charge on any atom is -0.333 e. The van der Waals surface area contributed by atoms with Crippen LogP contribution in [0.15, 0.2) is 12.4 Å². The summed E-state index contributed by atoms with van der Waals surface area (Å²) < 4.78 is 28.3. The van der Waals surface area contributed by atoms with E-state index >= 15 is 0 Å². The van der Waals surface area contributed by atoms with Gasteiger partial charge in [0, 0.05) is 39.6 Å². The summed E-state index contributed by atoms with van der Waals surface area (Å²) in [5, 5.41) is 0. The summed E-state index contributed by atoms with van der Waals surface area (Å²) in [6.07, 6.45) is 3.57. The van der Waals surface area contributed by atoms with Crippen LogP contribution in [0.25, 0.3) is 0 Å². The van der Waals surface area contributed by atoms with Crippen LogP contribution in [0.5, 0.6) is 0 Å². The Hall–Kier alpha value is -0.920. The SMILES string of the molecule is CN(C)S(=O)(=O)N1CCn2ccnc2C1. The van der Waals surface area contributed by atoms with E-state index in [-0.39, 0.29) is 0 Å². The van der Waals surface area contributed by atoms with Crippen molar-refractivity contribution in [3.05, 3.63) is 18.2 Å². The molecule has 1 aromatic rings. The van der Waals surface area contributed by atoms with Crippen molar-refractivity contribution in [3.63, 3.8) is 0 Å². The molecule has 15 heavy (non-hydrogen) atoms. The molecule has 6 nitrogen and oxygen atoms in total. The zero-order valence-corrected chi connectivity index (χ0v) is 9.61. The first-order valence-corrected chi connectivity index (χ1v) is 6.09. The van der Waals surface area contributed by atoms with E-state index in [1.54, 1.807) is 6.20 Å². The van der Waals surface area contributed by atoms with Gasteiger partial charge in [-0.2, -0.15) is 17.0 Å².